The molecule has 1 aromatic heterocycles. The number of carboxylic acids is 1. The summed E-state index contributed by atoms with van der Waals surface area (Å²) in [6, 6.07) is 10.9. The highest BCUT2D eigenvalue weighted by molar-refractivity contribution is 6.10. The van der Waals surface area contributed by atoms with Gasteiger partial charge in [-0.1, -0.05) is 12.1 Å². The van der Waals surface area contributed by atoms with Crippen LogP contribution in [0.25, 0.3) is 21.9 Å². The third-order valence-corrected chi connectivity index (χ3v) is 8.19. The zero-order chi connectivity index (χ0) is 27.1. The van der Waals surface area contributed by atoms with Crippen molar-refractivity contribution in [1.29, 1.82) is 0 Å². The lowest BCUT2D eigenvalue weighted by Gasteiger charge is -2.47. The van der Waals surface area contributed by atoms with Crippen molar-refractivity contribution in [2.24, 2.45) is 5.41 Å². The summed E-state index contributed by atoms with van der Waals surface area (Å²) in [6.45, 7) is 4.70. The molecule has 3 heterocycles. The molecule has 2 aliphatic heterocycles. The molecule has 0 saturated carbocycles. The molecule has 38 heavy (non-hydrogen) atoms. The van der Waals surface area contributed by atoms with Gasteiger partial charge in [-0.05, 0) is 74.4 Å². The van der Waals surface area contributed by atoms with Gasteiger partial charge in [0.05, 0.1) is 23.3 Å². The van der Waals surface area contributed by atoms with Crippen molar-refractivity contribution < 1.29 is 33.7 Å². The predicted molar refractivity (Wildman–Crippen MR) is 139 cm³/mol. The molecule has 2 aliphatic rings. The second-order valence-corrected chi connectivity index (χ2v) is 10.6. The standard InChI is InChI=1S/C29H31FN2O6/c1-28(27(35)36)11-14-38-16-29(28,2)32-26(34)25-22-15-20(33)7-8-21(22)23(17-3-5-19(30)6-4-17)24(31-25)18-9-12-37-13-10-18/h3-8,15,18,33H,9-14,16H2,1-2H3,(H,32,34)(H,35,36)/t28-,29-/m0/s1. The average molecular weight is 523 g/mol. The van der Waals surface area contributed by atoms with Crippen LogP contribution in [0.15, 0.2) is 42.5 Å². The van der Waals surface area contributed by atoms with E-state index in [1.54, 1.807) is 38.1 Å². The number of fused-ring (bicyclic) bond motifs is 1. The number of ether oxygens (including phenoxy) is 2. The van der Waals surface area contributed by atoms with Crippen LogP contribution in [-0.4, -0.2) is 59.0 Å². The number of hydrogen-bond donors (Lipinski definition) is 3. The van der Waals surface area contributed by atoms with E-state index in [0.29, 0.717) is 42.5 Å². The van der Waals surface area contributed by atoms with Gasteiger partial charge in [-0.2, -0.15) is 0 Å². The topological polar surface area (TPSA) is 118 Å². The van der Waals surface area contributed by atoms with E-state index in [9.17, 15) is 24.2 Å². The van der Waals surface area contributed by atoms with Crippen LogP contribution in [0.4, 0.5) is 4.39 Å². The number of carboxylic acid groups (broad SMARTS) is 1. The Labute approximate surface area is 219 Å². The number of carbonyl (C=O) groups is 2. The molecule has 0 bridgehead atoms. The number of phenols is 1. The quantitative estimate of drug-likeness (QED) is 0.447. The smallest absolute Gasteiger partial charge is 0.311 e. The highest BCUT2D eigenvalue weighted by Gasteiger charge is 2.53. The summed E-state index contributed by atoms with van der Waals surface area (Å²) in [7, 11) is 0. The largest absolute Gasteiger partial charge is 0.508 e. The van der Waals surface area contributed by atoms with Crippen molar-refractivity contribution in [2.75, 3.05) is 26.4 Å². The van der Waals surface area contributed by atoms with Crippen LogP contribution in [0.5, 0.6) is 5.75 Å². The van der Waals surface area contributed by atoms with E-state index >= 15 is 0 Å². The van der Waals surface area contributed by atoms with Crippen LogP contribution in [0.1, 0.15) is 55.2 Å². The van der Waals surface area contributed by atoms with Gasteiger partial charge in [-0.3, -0.25) is 9.59 Å². The van der Waals surface area contributed by atoms with Gasteiger partial charge >= 0.3 is 5.97 Å². The number of aromatic hydroxyl groups is 1. The van der Waals surface area contributed by atoms with E-state index < -0.39 is 22.8 Å². The summed E-state index contributed by atoms with van der Waals surface area (Å²) >= 11 is 0. The molecule has 3 aromatic rings. The number of aliphatic carboxylic acids is 1. The number of pyridine rings is 1. The van der Waals surface area contributed by atoms with Crippen molar-refractivity contribution in [1.82, 2.24) is 10.3 Å². The SMILES string of the molecule is C[C@@]1(C(=O)O)CCOC[C@]1(C)NC(=O)c1nc(C2CCOCC2)c(-c2ccc(F)cc2)c2ccc(O)cc12. The number of nitrogens with zero attached hydrogens (tertiary/aromatic N) is 1. The predicted octanol–water partition coefficient (Wildman–Crippen LogP) is 4.64. The summed E-state index contributed by atoms with van der Waals surface area (Å²) in [5.74, 6) is -1.99. The van der Waals surface area contributed by atoms with Gasteiger partial charge in [0.15, 0.2) is 0 Å². The van der Waals surface area contributed by atoms with Crippen molar-refractivity contribution in [3.63, 3.8) is 0 Å². The Morgan fingerprint density at radius 1 is 1.03 bits per heavy atom. The minimum atomic E-state index is -1.25. The molecule has 0 aliphatic carbocycles. The highest BCUT2D eigenvalue weighted by atomic mass is 19.1. The molecule has 200 valence electrons. The number of benzene rings is 2. The van der Waals surface area contributed by atoms with E-state index in [4.69, 9.17) is 14.5 Å². The molecule has 2 atom stereocenters. The fourth-order valence-electron chi connectivity index (χ4n) is 5.49. The van der Waals surface area contributed by atoms with E-state index in [-0.39, 0.29) is 42.8 Å². The van der Waals surface area contributed by atoms with Gasteiger partial charge in [0, 0.05) is 36.7 Å². The third kappa shape index (κ3) is 4.50. The minimum absolute atomic E-state index is 0.00792. The zero-order valence-electron chi connectivity index (χ0n) is 21.4. The minimum Gasteiger partial charge on any atom is -0.508 e. The highest BCUT2D eigenvalue weighted by Crippen LogP contribution is 2.42. The van der Waals surface area contributed by atoms with Crippen LogP contribution in [0, 0.1) is 11.2 Å². The zero-order valence-corrected chi connectivity index (χ0v) is 21.4. The van der Waals surface area contributed by atoms with Gasteiger partial charge in [0.2, 0.25) is 0 Å². The number of rotatable bonds is 5. The van der Waals surface area contributed by atoms with Crippen molar-refractivity contribution >= 4 is 22.6 Å². The Bertz CT molecular complexity index is 1390. The normalized spacial score (nSPS) is 24.3. The van der Waals surface area contributed by atoms with Crippen LogP contribution < -0.4 is 5.32 Å². The van der Waals surface area contributed by atoms with Crippen LogP contribution in [0.3, 0.4) is 0 Å². The fraction of sp³-hybridized carbons (Fsp3) is 0.414. The second kappa shape index (κ2) is 9.96. The molecular weight excluding hydrogens is 491 g/mol. The van der Waals surface area contributed by atoms with Crippen molar-refractivity contribution in [3.05, 3.63) is 59.7 Å². The van der Waals surface area contributed by atoms with E-state index in [2.05, 4.69) is 5.32 Å². The summed E-state index contributed by atoms with van der Waals surface area (Å²) < 4.78 is 25.0. The molecule has 3 N–H and O–H groups in total. The van der Waals surface area contributed by atoms with Crippen LogP contribution >= 0.6 is 0 Å². The molecule has 2 aromatic carbocycles. The van der Waals surface area contributed by atoms with Crippen molar-refractivity contribution in [2.45, 2.75) is 44.6 Å². The number of halogens is 1. The Kier molecular flexibility index (Phi) is 6.83. The Balaban J connectivity index is 1.69. The Morgan fingerprint density at radius 2 is 1.74 bits per heavy atom. The number of hydrogen-bond acceptors (Lipinski definition) is 6. The number of amides is 1. The molecule has 0 spiro atoms. The molecular formula is C29H31FN2O6. The maximum Gasteiger partial charge on any atom is 0.311 e. The van der Waals surface area contributed by atoms with Gasteiger partial charge in [-0.25, -0.2) is 9.37 Å². The lowest BCUT2D eigenvalue weighted by molar-refractivity contribution is -0.162. The number of carbonyl (C=O) groups excluding carboxylic acids is 1. The lowest BCUT2D eigenvalue weighted by Crippen LogP contribution is -2.65. The summed E-state index contributed by atoms with van der Waals surface area (Å²) in [5.41, 5.74) is -0.165. The number of nitrogens with one attached hydrogen (secondary N) is 1. The van der Waals surface area contributed by atoms with Crippen LogP contribution in [-0.2, 0) is 14.3 Å². The summed E-state index contributed by atoms with van der Waals surface area (Å²) in [4.78, 5) is 31.1. The maximum atomic E-state index is 13.9. The first-order chi connectivity index (χ1) is 18.1. The first kappa shape index (κ1) is 26.1. The monoisotopic (exact) mass is 522 g/mol. The van der Waals surface area contributed by atoms with Crippen molar-refractivity contribution in [3.8, 4) is 16.9 Å². The molecule has 0 unspecified atom stereocenters. The first-order valence-corrected chi connectivity index (χ1v) is 12.8. The van der Waals surface area contributed by atoms with Gasteiger partial charge in [0.25, 0.3) is 5.91 Å². The first-order valence-electron chi connectivity index (χ1n) is 12.8. The van der Waals surface area contributed by atoms with Crippen LogP contribution in [0.2, 0.25) is 0 Å². The fourth-order valence-corrected chi connectivity index (χ4v) is 5.49. The molecule has 5 rings (SSSR count). The Hall–Kier alpha value is -3.56. The van der Waals surface area contributed by atoms with Gasteiger partial charge in [-0.15, -0.1) is 0 Å². The maximum absolute atomic E-state index is 13.9. The number of aromatic nitrogens is 1. The Morgan fingerprint density at radius 3 is 2.42 bits per heavy atom. The molecule has 1 amide bonds. The summed E-state index contributed by atoms with van der Waals surface area (Å²) in [6.07, 6.45) is 1.65. The molecule has 0 radical (unpaired) electrons. The molecule has 9 heteroatoms. The molecule has 2 fully saturated rings. The number of phenolic OH excluding ortho intramolecular Hbond substituents is 1. The third-order valence-electron chi connectivity index (χ3n) is 8.19. The van der Waals surface area contributed by atoms with Gasteiger partial charge < -0.3 is 25.0 Å². The van der Waals surface area contributed by atoms with Gasteiger partial charge in [0.1, 0.15) is 17.3 Å². The lowest BCUT2D eigenvalue weighted by atomic mass is 9.68. The van der Waals surface area contributed by atoms with E-state index in [1.165, 1.54) is 18.2 Å². The summed E-state index contributed by atoms with van der Waals surface area (Å²) in [5, 5.41) is 24.4. The second-order valence-electron chi connectivity index (χ2n) is 10.6. The van der Waals surface area contributed by atoms with E-state index in [1.807, 2.05) is 0 Å². The van der Waals surface area contributed by atoms with E-state index in [0.717, 1.165) is 11.1 Å². The molecule has 2 saturated heterocycles. The molecule has 8 nitrogen and oxygen atoms in total. The average Bonchev–Trinajstić information content (AvgIpc) is 2.90.